The lowest BCUT2D eigenvalue weighted by Crippen LogP contribution is -2.32. The van der Waals surface area contributed by atoms with Crippen molar-refractivity contribution in [2.75, 3.05) is 26.8 Å². The van der Waals surface area contributed by atoms with Gasteiger partial charge in [-0.1, -0.05) is 0 Å². The molecule has 12 nitrogen and oxygen atoms in total. The van der Waals surface area contributed by atoms with Crippen LogP contribution in [0, 0.1) is 12.3 Å². The average molecular weight is 506 g/mol. The van der Waals surface area contributed by atoms with Gasteiger partial charge in [-0.2, -0.15) is 10.2 Å². The Morgan fingerprint density at radius 3 is 2.92 bits per heavy atom. The minimum absolute atomic E-state index is 0.0620. The van der Waals surface area contributed by atoms with Crippen LogP contribution in [-0.4, -0.2) is 83.9 Å². The molecule has 5 heterocycles. The van der Waals surface area contributed by atoms with Crippen molar-refractivity contribution in [2.24, 2.45) is 7.05 Å². The van der Waals surface area contributed by atoms with Crippen molar-refractivity contribution in [3.63, 3.8) is 0 Å². The topological polar surface area (TPSA) is 143 Å². The summed E-state index contributed by atoms with van der Waals surface area (Å²) in [6.07, 6.45) is 6.64. The van der Waals surface area contributed by atoms with E-state index in [1.54, 1.807) is 15.6 Å². The van der Waals surface area contributed by atoms with Gasteiger partial charge < -0.3 is 20.0 Å². The lowest BCUT2D eigenvalue weighted by Gasteiger charge is -2.23. The molecular formula is C25H31N9O3. The van der Waals surface area contributed by atoms with Crippen molar-refractivity contribution in [1.82, 2.24) is 39.6 Å². The SMILES string of the molecule is Cc1nn(C)c2c1-c1cc3c(n[nH]c3cn1)/C=C/c1c(OCC=N)nn(CCO)c1CN(C)C[C@@H](C)O2. The van der Waals surface area contributed by atoms with Gasteiger partial charge in [0.1, 0.15) is 12.7 Å². The van der Waals surface area contributed by atoms with Gasteiger partial charge >= 0.3 is 0 Å². The van der Waals surface area contributed by atoms with Crippen LogP contribution in [0.15, 0.2) is 12.3 Å². The number of fused-ring (bicyclic) bond motifs is 4. The molecule has 0 unspecified atom stereocenters. The zero-order valence-corrected chi connectivity index (χ0v) is 21.4. The van der Waals surface area contributed by atoms with Gasteiger partial charge in [0.2, 0.25) is 11.8 Å². The Morgan fingerprint density at radius 2 is 2.14 bits per heavy atom. The van der Waals surface area contributed by atoms with Crippen LogP contribution < -0.4 is 9.47 Å². The highest BCUT2D eigenvalue weighted by Gasteiger charge is 2.24. The van der Waals surface area contributed by atoms with Crippen LogP contribution in [0.4, 0.5) is 0 Å². The summed E-state index contributed by atoms with van der Waals surface area (Å²) in [5.74, 6) is 1.07. The van der Waals surface area contributed by atoms with Gasteiger partial charge in [0.15, 0.2) is 0 Å². The molecule has 12 heteroatoms. The largest absolute Gasteiger partial charge is 0.473 e. The first-order chi connectivity index (χ1) is 17.9. The fourth-order valence-electron chi connectivity index (χ4n) is 4.74. The quantitative estimate of drug-likeness (QED) is 0.351. The molecule has 3 N–H and O–H groups in total. The van der Waals surface area contributed by atoms with Gasteiger partial charge in [-0.3, -0.25) is 19.7 Å². The van der Waals surface area contributed by atoms with Crippen LogP contribution in [0.3, 0.4) is 0 Å². The van der Waals surface area contributed by atoms with Crippen LogP contribution in [0.5, 0.6) is 11.8 Å². The number of rotatable bonds is 5. The Kier molecular flexibility index (Phi) is 6.76. The number of aliphatic hydroxyl groups excluding tert-OH is 1. The van der Waals surface area contributed by atoms with Crippen LogP contribution in [-0.2, 0) is 20.1 Å². The summed E-state index contributed by atoms with van der Waals surface area (Å²) >= 11 is 0. The third-order valence-corrected chi connectivity index (χ3v) is 6.29. The molecule has 4 aromatic heterocycles. The Morgan fingerprint density at radius 1 is 1.30 bits per heavy atom. The Labute approximate surface area is 214 Å². The number of ether oxygens (including phenoxy) is 2. The van der Waals surface area contributed by atoms with Gasteiger partial charge in [0.05, 0.1) is 58.8 Å². The van der Waals surface area contributed by atoms with Crippen molar-refractivity contribution in [3.8, 4) is 23.0 Å². The number of pyridine rings is 1. The van der Waals surface area contributed by atoms with Gasteiger partial charge in [-0.15, -0.1) is 5.10 Å². The normalized spacial score (nSPS) is 17.1. The molecule has 37 heavy (non-hydrogen) atoms. The third kappa shape index (κ3) is 4.72. The Bertz CT molecular complexity index is 1470. The maximum atomic E-state index is 9.68. The minimum Gasteiger partial charge on any atom is -0.473 e. The smallest absolute Gasteiger partial charge is 0.240 e. The number of aromatic amines is 1. The van der Waals surface area contributed by atoms with Crippen LogP contribution in [0.2, 0.25) is 0 Å². The second-order valence-electron chi connectivity index (χ2n) is 9.20. The van der Waals surface area contributed by atoms with Gasteiger partial charge in [0.25, 0.3) is 0 Å². The molecule has 1 aliphatic rings. The first-order valence-corrected chi connectivity index (χ1v) is 12.1. The van der Waals surface area contributed by atoms with Crippen molar-refractivity contribution in [3.05, 3.63) is 34.9 Å². The molecule has 5 rings (SSSR count). The minimum atomic E-state index is -0.154. The number of hydrogen-bond donors (Lipinski definition) is 3. The van der Waals surface area contributed by atoms with E-state index in [9.17, 15) is 5.11 Å². The summed E-state index contributed by atoms with van der Waals surface area (Å²) in [6.45, 7) is 5.50. The first-order valence-electron chi connectivity index (χ1n) is 12.1. The number of likely N-dealkylation sites (N-methyl/N-ethyl adjacent to an activating group) is 1. The van der Waals surface area contributed by atoms with E-state index in [0.29, 0.717) is 31.4 Å². The van der Waals surface area contributed by atoms with Crippen molar-refractivity contribution >= 4 is 29.3 Å². The Hall–Kier alpha value is -4.03. The van der Waals surface area contributed by atoms with Gasteiger partial charge in [0, 0.05) is 31.7 Å². The number of hydrogen-bond acceptors (Lipinski definition) is 9. The summed E-state index contributed by atoms with van der Waals surface area (Å²) in [7, 11) is 3.88. The second kappa shape index (κ2) is 10.1. The van der Waals surface area contributed by atoms with Crippen LogP contribution in [0.1, 0.15) is 29.6 Å². The molecule has 1 atom stereocenters. The maximum absolute atomic E-state index is 9.68. The molecule has 2 bridgehead atoms. The highest BCUT2D eigenvalue weighted by Crippen LogP contribution is 2.35. The first kappa shape index (κ1) is 24.7. The third-order valence-electron chi connectivity index (χ3n) is 6.29. The molecule has 0 fully saturated rings. The molecule has 0 aliphatic carbocycles. The van der Waals surface area contributed by atoms with Gasteiger partial charge in [-0.25, -0.2) is 4.68 Å². The monoisotopic (exact) mass is 505 g/mol. The van der Waals surface area contributed by atoms with E-state index >= 15 is 0 Å². The number of H-pyrrole nitrogens is 1. The van der Waals surface area contributed by atoms with E-state index in [0.717, 1.165) is 44.8 Å². The van der Waals surface area contributed by atoms with Gasteiger partial charge in [-0.05, 0) is 39.1 Å². The molecular weight excluding hydrogens is 474 g/mol. The van der Waals surface area contributed by atoms with E-state index < -0.39 is 0 Å². The summed E-state index contributed by atoms with van der Waals surface area (Å²) < 4.78 is 15.7. The molecule has 1 aliphatic heterocycles. The molecule has 4 aromatic rings. The molecule has 194 valence electrons. The highest BCUT2D eigenvalue weighted by atomic mass is 16.5. The average Bonchev–Trinajstić information content (AvgIpc) is 3.49. The maximum Gasteiger partial charge on any atom is 0.240 e. The summed E-state index contributed by atoms with van der Waals surface area (Å²) in [6, 6.07) is 1.99. The molecule has 0 aromatic carbocycles. The lowest BCUT2D eigenvalue weighted by atomic mass is 10.1. The van der Waals surface area contributed by atoms with Crippen molar-refractivity contribution in [1.29, 1.82) is 5.41 Å². The fraction of sp³-hybridized carbons (Fsp3) is 0.400. The predicted molar refractivity (Wildman–Crippen MR) is 140 cm³/mol. The fourth-order valence-corrected chi connectivity index (χ4v) is 4.74. The standard InChI is InChI=1S/C25H31N9O3/c1-15-13-32(3)14-22-17(24(36-10-7-26)31-34(22)8-9-35)5-6-19-18-11-20(27-12-21(18)29-28-19)23-16(2)30-33(4)25(23)37-15/h5-7,11-12,15,26,35H,8-10,13-14H2,1-4H3,(H,28,29)/b6-5+,26-7?/t15-/m1/s1. The summed E-state index contributed by atoms with van der Waals surface area (Å²) in [5.41, 5.74) is 5.65. The van der Waals surface area contributed by atoms with E-state index in [-0.39, 0.29) is 19.3 Å². The lowest BCUT2D eigenvalue weighted by molar-refractivity contribution is 0.146. The number of aliphatic hydroxyl groups is 1. The van der Waals surface area contributed by atoms with Crippen LogP contribution >= 0.6 is 0 Å². The molecule has 0 amide bonds. The molecule has 0 saturated carbocycles. The van der Waals surface area contributed by atoms with Crippen molar-refractivity contribution in [2.45, 2.75) is 33.0 Å². The van der Waals surface area contributed by atoms with E-state index in [4.69, 9.17) is 14.9 Å². The highest BCUT2D eigenvalue weighted by molar-refractivity contribution is 5.92. The van der Waals surface area contributed by atoms with E-state index in [1.165, 1.54) is 6.21 Å². The number of nitrogens with one attached hydrogen (secondary N) is 2. The van der Waals surface area contributed by atoms with Crippen LogP contribution in [0.25, 0.3) is 34.3 Å². The number of nitrogens with zero attached hydrogens (tertiary/aromatic N) is 7. The number of aromatic nitrogens is 7. The molecule has 0 spiro atoms. The summed E-state index contributed by atoms with van der Waals surface area (Å²) in [4.78, 5) is 6.82. The van der Waals surface area contributed by atoms with E-state index in [1.807, 2.05) is 46.2 Å². The Balaban J connectivity index is 1.70. The summed E-state index contributed by atoms with van der Waals surface area (Å²) in [5, 5.41) is 34.7. The van der Waals surface area contributed by atoms with E-state index in [2.05, 4.69) is 30.3 Å². The molecule has 0 radical (unpaired) electrons. The predicted octanol–water partition coefficient (Wildman–Crippen LogP) is 2.27. The van der Waals surface area contributed by atoms with Crippen molar-refractivity contribution < 1.29 is 14.6 Å². The second-order valence-corrected chi connectivity index (χ2v) is 9.20. The molecule has 0 saturated heterocycles. The zero-order valence-electron chi connectivity index (χ0n) is 21.4. The number of aryl methyl sites for hydroxylation is 2. The zero-order chi connectivity index (χ0) is 26.1.